The van der Waals surface area contributed by atoms with Gasteiger partial charge in [0.15, 0.2) is 8.32 Å². The van der Waals surface area contributed by atoms with Gasteiger partial charge in [-0.3, -0.25) is 9.59 Å². The highest BCUT2D eigenvalue weighted by atomic mass is 35.5. The van der Waals surface area contributed by atoms with Crippen molar-refractivity contribution in [2.75, 3.05) is 28.8 Å². The van der Waals surface area contributed by atoms with Crippen molar-refractivity contribution in [3.8, 4) is 0 Å². The first-order chi connectivity index (χ1) is 16.9. The van der Waals surface area contributed by atoms with Crippen molar-refractivity contribution in [3.63, 3.8) is 0 Å². The molecule has 190 valence electrons. The van der Waals surface area contributed by atoms with Crippen LogP contribution in [0.4, 0.5) is 17.1 Å². The molecule has 0 saturated carbocycles. The van der Waals surface area contributed by atoms with Crippen molar-refractivity contribution >= 4 is 71.5 Å². The van der Waals surface area contributed by atoms with Crippen molar-refractivity contribution < 1.29 is 14.0 Å². The van der Waals surface area contributed by atoms with E-state index in [1.54, 1.807) is 52.9 Å². The number of thiophene rings is 2. The average molecular weight is 561 g/mol. The number of benzene rings is 1. The van der Waals surface area contributed by atoms with Crippen molar-refractivity contribution in [2.24, 2.45) is 0 Å². The first-order valence-corrected chi connectivity index (χ1v) is 16.2. The van der Waals surface area contributed by atoms with Crippen LogP contribution >= 0.6 is 34.3 Å². The summed E-state index contributed by atoms with van der Waals surface area (Å²) >= 11 is 8.32. The largest absolute Gasteiger partial charge is 0.415 e. The van der Waals surface area contributed by atoms with Crippen molar-refractivity contribution in [1.29, 1.82) is 0 Å². The molecule has 2 aromatic heterocycles. The highest BCUT2D eigenvalue weighted by molar-refractivity contribution is 7.18. The molecule has 0 atom stereocenters. The number of rotatable bonds is 9. The topological polar surface area (TPSA) is 75.0 Å². The third-order valence-electron chi connectivity index (χ3n) is 6.03. The summed E-state index contributed by atoms with van der Waals surface area (Å²) in [6.07, 6.45) is 0. The Labute approximate surface area is 226 Å². The fourth-order valence-electron chi connectivity index (χ4n) is 2.95. The van der Waals surface area contributed by atoms with Crippen LogP contribution in [0.3, 0.4) is 0 Å². The van der Waals surface area contributed by atoms with Gasteiger partial charge < -0.3 is 15.1 Å². The van der Waals surface area contributed by atoms with Gasteiger partial charge in [0.25, 0.3) is 11.8 Å². The summed E-state index contributed by atoms with van der Waals surface area (Å²) in [6, 6.07) is 12.1. The first-order valence-electron chi connectivity index (χ1n) is 11.3. The SMILES string of the molecule is [C-]#[N+]N(CCO[Si](C)(C)C(C)(C)C)c1ccc(NC(=O)c2sccc2NC(=O)c2ccc(Cl)s2)cc1. The quantitative estimate of drug-likeness (QED) is 0.160. The normalized spacial score (nSPS) is 11.6. The number of hydrogen-bond donors (Lipinski definition) is 2. The van der Waals surface area contributed by atoms with Crippen LogP contribution in [0, 0.1) is 6.57 Å². The third kappa shape index (κ3) is 6.96. The maximum atomic E-state index is 12.9. The Kier molecular flexibility index (Phi) is 8.97. The molecule has 7 nitrogen and oxygen atoms in total. The molecule has 0 aliphatic heterocycles. The molecular formula is C25H29ClN4O3S2Si. The fourth-order valence-corrected chi connectivity index (χ4v) is 5.67. The molecule has 0 radical (unpaired) electrons. The zero-order valence-corrected chi connectivity index (χ0v) is 24.2. The van der Waals surface area contributed by atoms with Gasteiger partial charge in [-0.25, -0.2) is 0 Å². The molecule has 0 aliphatic rings. The van der Waals surface area contributed by atoms with E-state index >= 15 is 0 Å². The standard InChI is InChI=1S/C25H29ClN4O3S2Si/c1-25(2,3)36(5,6)33-15-14-30(27-4)18-9-7-17(8-10-18)28-24(32)22-19(13-16-34-22)29-23(31)20-11-12-21(26)35-20/h7-13,16H,14-15H2,1-3,5-6H3,(H,28,32)(H,29,31). The second-order valence-electron chi connectivity index (χ2n) is 9.55. The van der Waals surface area contributed by atoms with Crippen LogP contribution < -0.4 is 15.6 Å². The minimum Gasteiger partial charge on any atom is -0.415 e. The van der Waals surface area contributed by atoms with Gasteiger partial charge in [-0.15, -0.1) is 22.7 Å². The summed E-state index contributed by atoms with van der Waals surface area (Å²) in [5.74, 6) is -0.650. The summed E-state index contributed by atoms with van der Waals surface area (Å²) in [6.45, 7) is 19.4. The Hall–Kier alpha value is -2.68. The van der Waals surface area contributed by atoms with Crippen LogP contribution in [-0.2, 0) is 4.43 Å². The third-order valence-corrected chi connectivity index (χ3v) is 12.7. The van der Waals surface area contributed by atoms with Crippen LogP contribution in [0.2, 0.25) is 22.5 Å². The van der Waals surface area contributed by atoms with E-state index in [0.717, 1.165) is 5.69 Å². The number of anilines is 3. The van der Waals surface area contributed by atoms with Crippen molar-refractivity contribution in [2.45, 2.75) is 38.9 Å². The van der Waals surface area contributed by atoms with E-state index in [0.29, 0.717) is 38.6 Å². The van der Waals surface area contributed by atoms with E-state index in [9.17, 15) is 9.59 Å². The van der Waals surface area contributed by atoms with Gasteiger partial charge in [0, 0.05) is 5.69 Å². The molecule has 2 heterocycles. The molecule has 0 saturated heterocycles. The smallest absolute Gasteiger partial charge is 0.267 e. The van der Waals surface area contributed by atoms with Gasteiger partial charge in [-0.2, -0.15) is 11.5 Å². The number of nitrogens with one attached hydrogen (secondary N) is 2. The van der Waals surface area contributed by atoms with Gasteiger partial charge in [0.2, 0.25) is 0 Å². The second kappa shape index (κ2) is 11.6. The molecule has 2 amide bonds. The van der Waals surface area contributed by atoms with Crippen LogP contribution in [0.15, 0.2) is 47.8 Å². The summed E-state index contributed by atoms with van der Waals surface area (Å²) in [4.78, 5) is 29.8. The lowest BCUT2D eigenvalue weighted by atomic mass is 10.2. The first kappa shape index (κ1) is 27.9. The maximum Gasteiger partial charge on any atom is 0.267 e. The lowest BCUT2D eigenvalue weighted by Crippen LogP contribution is -2.42. The Bertz CT molecular complexity index is 1260. The molecule has 0 spiro atoms. The van der Waals surface area contributed by atoms with Gasteiger partial charge in [-0.1, -0.05) is 37.4 Å². The maximum absolute atomic E-state index is 12.9. The zero-order chi connectivity index (χ0) is 26.5. The Morgan fingerprint density at radius 1 is 1.08 bits per heavy atom. The summed E-state index contributed by atoms with van der Waals surface area (Å²) in [5, 5.41) is 9.04. The van der Waals surface area contributed by atoms with E-state index in [4.69, 9.17) is 22.6 Å². The van der Waals surface area contributed by atoms with Gasteiger partial charge in [0.1, 0.15) is 17.1 Å². The lowest BCUT2D eigenvalue weighted by Gasteiger charge is -2.36. The predicted molar refractivity (Wildman–Crippen MR) is 153 cm³/mol. The predicted octanol–water partition coefficient (Wildman–Crippen LogP) is 7.63. The average Bonchev–Trinajstić information content (AvgIpc) is 3.45. The fraction of sp³-hybridized carbons (Fsp3) is 0.320. The van der Waals surface area contributed by atoms with Crippen LogP contribution in [0.1, 0.15) is 40.1 Å². The van der Waals surface area contributed by atoms with Crippen LogP contribution in [0.25, 0.3) is 4.95 Å². The monoisotopic (exact) mass is 560 g/mol. The van der Waals surface area contributed by atoms with Crippen LogP contribution in [0.5, 0.6) is 0 Å². The minimum atomic E-state index is -1.88. The number of hydrogen-bond acceptors (Lipinski definition) is 6. The summed E-state index contributed by atoms with van der Waals surface area (Å²) < 4.78 is 6.72. The van der Waals surface area contributed by atoms with Gasteiger partial charge in [0.05, 0.1) is 21.5 Å². The number of nitrogens with zero attached hydrogens (tertiary/aromatic N) is 2. The molecule has 0 unspecified atom stereocenters. The van der Waals surface area contributed by atoms with E-state index in [-0.39, 0.29) is 16.9 Å². The van der Waals surface area contributed by atoms with Crippen LogP contribution in [-0.4, -0.2) is 33.3 Å². The molecule has 1 aromatic carbocycles. The minimum absolute atomic E-state index is 0.110. The molecule has 0 bridgehead atoms. The highest BCUT2D eigenvalue weighted by Gasteiger charge is 2.37. The molecule has 0 aliphatic carbocycles. The Morgan fingerprint density at radius 2 is 1.78 bits per heavy atom. The Morgan fingerprint density at radius 3 is 2.36 bits per heavy atom. The summed E-state index contributed by atoms with van der Waals surface area (Å²) in [5.41, 5.74) is 1.74. The van der Waals surface area contributed by atoms with Crippen molar-refractivity contribution in [3.05, 3.63) is 73.5 Å². The number of halogens is 1. The van der Waals surface area contributed by atoms with Crippen molar-refractivity contribution in [1.82, 2.24) is 0 Å². The highest BCUT2D eigenvalue weighted by Crippen LogP contribution is 2.36. The van der Waals surface area contributed by atoms with E-state index < -0.39 is 8.32 Å². The number of carbonyl (C=O) groups excluding carboxylic acids is 2. The molecule has 0 fully saturated rings. The van der Waals surface area contributed by atoms with E-state index in [1.165, 1.54) is 22.7 Å². The van der Waals surface area contributed by atoms with Gasteiger partial charge >= 0.3 is 0 Å². The Balaban J connectivity index is 1.60. The summed E-state index contributed by atoms with van der Waals surface area (Å²) in [7, 11) is -1.88. The molecule has 3 aromatic rings. The number of amides is 2. The molecule has 3 rings (SSSR count). The zero-order valence-electron chi connectivity index (χ0n) is 20.8. The van der Waals surface area contributed by atoms with E-state index in [2.05, 4.69) is 49.5 Å². The second-order valence-corrected chi connectivity index (χ2v) is 17.0. The molecule has 11 heteroatoms. The molecule has 36 heavy (non-hydrogen) atoms. The van der Waals surface area contributed by atoms with E-state index in [1.807, 2.05) is 0 Å². The lowest BCUT2D eigenvalue weighted by molar-refractivity contribution is 0.103. The number of carbonyl (C=O) groups is 2. The molecular weight excluding hydrogens is 532 g/mol. The molecule has 2 N–H and O–H groups in total. The van der Waals surface area contributed by atoms with Gasteiger partial charge in [-0.05, 0) is 66.0 Å².